The van der Waals surface area contributed by atoms with E-state index >= 15 is 0 Å². The molecule has 1 fully saturated rings. The first-order valence-corrected chi connectivity index (χ1v) is 11.8. The van der Waals surface area contributed by atoms with Crippen LogP contribution < -0.4 is 11.1 Å². The summed E-state index contributed by atoms with van der Waals surface area (Å²) in [6.07, 6.45) is 3.02. The number of rotatable bonds is 6. The van der Waals surface area contributed by atoms with Crippen molar-refractivity contribution in [1.82, 2.24) is 20.0 Å². The highest BCUT2D eigenvalue weighted by Gasteiger charge is 2.28. The van der Waals surface area contributed by atoms with Crippen LogP contribution in [0.2, 0.25) is 0 Å². The zero-order valence-electron chi connectivity index (χ0n) is 16.1. The van der Waals surface area contributed by atoms with Gasteiger partial charge in [0.1, 0.15) is 5.82 Å². The normalized spacial score (nSPS) is 19.5. The zero-order valence-corrected chi connectivity index (χ0v) is 18.5. The Morgan fingerprint density at radius 1 is 1.23 bits per heavy atom. The van der Waals surface area contributed by atoms with Gasteiger partial charge in [0.25, 0.3) is 10.1 Å². The highest BCUT2D eigenvalue weighted by Crippen LogP contribution is 2.29. The average Bonchev–Trinajstić information content (AvgIpc) is 3.30. The molecule has 3 aromatic rings. The van der Waals surface area contributed by atoms with Crippen LogP contribution in [-0.2, 0) is 14.3 Å². The van der Waals surface area contributed by atoms with E-state index in [0.29, 0.717) is 31.4 Å². The fraction of sp³-hybridized carbons (Fsp3) is 0.412. The van der Waals surface area contributed by atoms with Crippen LogP contribution in [0.4, 0.5) is 10.2 Å². The van der Waals surface area contributed by atoms with Crippen LogP contribution in [0.5, 0.6) is 0 Å². The lowest BCUT2D eigenvalue weighted by Gasteiger charge is -2.28. The third-order valence-corrected chi connectivity index (χ3v) is 6.02. The molecule has 0 spiro atoms. The van der Waals surface area contributed by atoms with Crippen LogP contribution in [0.15, 0.2) is 36.6 Å². The second kappa shape index (κ2) is 8.51. The van der Waals surface area contributed by atoms with Crippen LogP contribution in [0.3, 0.4) is 0 Å². The van der Waals surface area contributed by atoms with Crippen LogP contribution in [0, 0.1) is 5.82 Å². The summed E-state index contributed by atoms with van der Waals surface area (Å²) in [6, 6.07) is 3.95. The zero-order chi connectivity index (χ0) is 22.2. The molecular formula is C17H17BrFN5O6S. The van der Waals surface area contributed by atoms with Crippen LogP contribution in [0.1, 0.15) is 25.7 Å². The maximum absolute atomic E-state index is 13.6. The summed E-state index contributed by atoms with van der Waals surface area (Å²) in [6.45, 7) is 0. The smallest absolute Gasteiger partial charge is 0.363 e. The van der Waals surface area contributed by atoms with E-state index in [0.717, 1.165) is 10.8 Å². The summed E-state index contributed by atoms with van der Waals surface area (Å²) in [7, 11) is -3.50. The van der Waals surface area contributed by atoms with E-state index in [1.807, 2.05) is 0 Å². The molecule has 0 unspecified atom stereocenters. The molecule has 0 atom stereocenters. The highest BCUT2D eigenvalue weighted by atomic mass is 79.9. The van der Waals surface area contributed by atoms with Gasteiger partial charge in [-0.05, 0) is 70.1 Å². The second-order valence-corrected chi connectivity index (χ2v) is 9.54. The van der Waals surface area contributed by atoms with E-state index in [-0.39, 0.29) is 34.0 Å². The summed E-state index contributed by atoms with van der Waals surface area (Å²) < 4.78 is 52.1. The number of hydrogen-bond acceptors (Lipinski definition) is 10. The van der Waals surface area contributed by atoms with Crippen molar-refractivity contribution in [2.24, 2.45) is 0 Å². The SMILES string of the molecule is CS(=O)(=O)OC1CCC(Nc2nonc2-c2noc(=O)n2-c2ccc(F)c(Br)c2)CC1. The molecule has 1 aromatic carbocycles. The largest absolute Gasteiger partial charge is 0.446 e. The van der Waals surface area contributed by atoms with E-state index in [1.165, 1.54) is 18.2 Å². The Labute approximate surface area is 183 Å². The summed E-state index contributed by atoms with van der Waals surface area (Å²) >= 11 is 3.08. The molecular weight excluding hydrogens is 501 g/mol. The van der Waals surface area contributed by atoms with E-state index in [4.69, 9.17) is 13.3 Å². The number of halogens is 2. The molecule has 0 bridgehead atoms. The van der Waals surface area contributed by atoms with E-state index in [9.17, 15) is 17.6 Å². The Balaban J connectivity index is 1.55. The number of anilines is 1. The Morgan fingerprint density at radius 2 is 1.97 bits per heavy atom. The predicted molar refractivity (Wildman–Crippen MR) is 109 cm³/mol. The van der Waals surface area contributed by atoms with E-state index in [1.54, 1.807) is 0 Å². The summed E-state index contributed by atoms with van der Waals surface area (Å²) in [5, 5.41) is 14.6. The molecule has 31 heavy (non-hydrogen) atoms. The van der Waals surface area contributed by atoms with Gasteiger partial charge < -0.3 is 5.32 Å². The van der Waals surface area contributed by atoms with Crippen LogP contribution in [-0.4, -0.2) is 46.9 Å². The van der Waals surface area contributed by atoms with E-state index < -0.39 is 21.7 Å². The minimum atomic E-state index is -3.50. The molecule has 4 rings (SSSR count). The Kier molecular flexibility index (Phi) is 5.94. The van der Waals surface area contributed by atoms with Gasteiger partial charge in [0.15, 0.2) is 5.69 Å². The lowest BCUT2D eigenvalue weighted by atomic mass is 9.93. The molecule has 1 aliphatic carbocycles. The number of hydrogen-bond donors (Lipinski definition) is 1. The summed E-state index contributed by atoms with van der Waals surface area (Å²) in [5.74, 6) is -1.01. The number of aromatic nitrogens is 4. The van der Waals surface area contributed by atoms with Gasteiger partial charge in [-0.2, -0.15) is 8.42 Å². The standard InChI is InChI=1S/C17H17BrFN5O6S/c1-31(26,27)29-11-5-2-9(3-6-11)20-15-14(21-30-22-15)16-23-28-17(25)24(16)10-4-7-13(19)12(18)8-10/h4,7-9,11H,2-3,5-6H2,1H3,(H,20,22). The molecule has 1 saturated carbocycles. The van der Waals surface area contributed by atoms with Crippen molar-refractivity contribution >= 4 is 31.9 Å². The maximum atomic E-state index is 13.6. The molecule has 0 saturated heterocycles. The molecule has 1 aliphatic rings. The fourth-order valence-corrected chi connectivity index (χ4v) is 4.48. The van der Waals surface area contributed by atoms with Crippen molar-refractivity contribution in [3.8, 4) is 17.2 Å². The first-order chi connectivity index (χ1) is 14.7. The number of benzene rings is 1. The minimum Gasteiger partial charge on any atom is -0.363 e. The average molecular weight is 518 g/mol. The van der Waals surface area contributed by atoms with Crippen molar-refractivity contribution in [1.29, 1.82) is 0 Å². The minimum absolute atomic E-state index is 0.0290. The van der Waals surface area contributed by atoms with Crippen LogP contribution in [0.25, 0.3) is 17.2 Å². The van der Waals surface area contributed by atoms with Crippen LogP contribution >= 0.6 is 15.9 Å². The van der Waals surface area contributed by atoms with Gasteiger partial charge in [-0.3, -0.25) is 8.71 Å². The monoisotopic (exact) mass is 517 g/mol. The first kappa shape index (κ1) is 21.6. The van der Waals surface area contributed by atoms with Crippen molar-refractivity contribution < 1.29 is 26.1 Å². The third-order valence-electron chi connectivity index (χ3n) is 4.79. The molecule has 0 aliphatic heterocycles. The highest BCUT2D eigenvalue weighted by molar-refractivity contribution is 9.10. The Morgan fingerprint density at radius 3 is 2.65 bits per heavy atom. The molecule has 2 heterocycles. The van der Waals surface area contributed by atoms with Gasteiger partial charge in [0, 0.05) is 6.04 Å². The number of nitrogens with zero attached hydrogens (tertiary/aromatic N) is 4. The van der Waals surface area contributed by atoms with Gasteiger partial charge in [-0.1, -0.05) is 5.16 Å². The third kappa shape index (κ3) is 4.85. The summed E-state index contributed by atoms with van der Waals surface area (Å²) in [4.78, 5) is 12.2. The summed E-state index contributed by atoms with van der Waals surface area (Å²) in [5.41, 5.74) is 0.447. The molecule has 11 nitrogen and oxygen atoms in total. The Hall–Kier alpha value is -2.58. The van der Waals surface area contributed by atoms with E-state index in [2.05, 4.69) is 36.7 Å². The molecule has 1 N–H and O–H groups in total. The van der Waals surface area contributed by atoms with Gasteiger partial charge in [0.05, 0.1) is 22.5 Å². The van der Waals surface area contributed by atoms with Gasteiger partial charge in [0.2, 0.25) is 11.6 Å². The molecule has 166 valence electrons. The molecule has 0 radical (unpaired) electrons. The lowest BCUT2D eigenvalue weighted by Crippen LogP contribution is -2.31. The van der Waals surface area contributed by atoms with Gasteiger partial charge in [-0.15, -0.1) is 0 Å². The van der Waals surface area contributed by atoms with Crippen molar-refractivity contribution in [3.63, 3.8) is 0 Å². The second-order valence-electron chi connectivity index (χ2n) is 7.09. The predicted octanol–water partition coefficient (Wildman–Crippen LogP) is 2.48. The van der Waals surface area contributed by atoms with Gasteiger partial charge >= 0.3 is 5.76 Å². The molecule has 14 heteroatoms. The Bertz CT molecular complexity index is 1250. The maximum Gasteiger partial charge on any atom is 0.446 e. The molecule has 0 amide bonds. The molecule has 2 aromatic heterocycles. The van der Waals surface area contributed by atoms with Gasteiger partial charge in [-0.25, -0.2) is 18.4 Å². The quantitative estimate of drug-likeness (QED) is 0.484. The topological polar surface area (TPSA) is 142 Å². The van der Waals surface area contributed by atoms with Crippen molar-refractivity contribution in [3.05, 3.63) is 39.0 Å². The fourth-order valence-electron chi connectivity index (χ4n) is 3.43. The van der Waals surface area contributed by atoms with Crippen molar-refractivity contribution in [2.45, 2.75) is 37.8 Å². The number of nitrogens with one attached hydrogen (secondary N) is 1. The van der Waals surface area contributed by atoms with Crippen molar-refractivity contribution in [2.75, 3.05) is 11.6 Å². The lowest BCUT2D eigenvalue weighted by molar-refractivity contribution is 0.158. The first-order valence-electron chi connectivity index (χ1n) is 9.23.